The van der Waals surface area contributed by atoms with Gasteiger partial charge in [0.15, 0.2) is 17.3 Å². The fraction of sp³-hybridized carbons (Fsp3) is 0.900. The summed E-state index contributed by atoms with van der Waals surface area (Å²) in [7, 11) is 0. The molecule has 0 aromatic rings. The molecule has 10 heteroatoms. The summed E-state index contributed by atoms with van der Waals surface area (Å²) in [4.78, 5) is 24.2. The molecule has 3 aliphatic rings. The Bertz CT molecular complexity index is 686. The number of esters is 1. The first-order valence-corrected chi connectivity index (χ1v) is 10.2. The Morgan fingerprint density at radius 3 is 2.37 bits per heavy atom. The van der Waals surface area contributed by atoms with Gasteiger partial charge in [0.05, 0.1) is 19.6 Å². The third-order valence-electron chi connectivity index (χ3n) is 5.04. The van der Waals surface area contributed by atoms with Crippen molar-refractivity contribution in [3.05, 3.63) is 0 Å². The smallest absolute Gasteiger partial charge is 0.321 e. The fourth-order valence-corrected chi connectivity index (χ4v) is 3.94. The van der Waals surface area contributed by atoms with Crippen LogP contribution in [0, 0.1) is 0 Å². The van der Waals surface area contributed by atoms with E-state index in [4.69, 9.17) is 28.4 Å². The number of carbonyl (C=O) groups excluding carboxylic acids is 1. The van der Waals surface area contributed by atoms with Crippen molar-refractivity contribution in [2.45, 2.75) is 102 Å². The van der Waals surface area contributed by atoms with Gasteiger partial charge < -0.3 is 33.5 Å². The van der Waals surface area contributed by atoms with Crippen LogP contribution >= 0.6 is 0 Å². The summed E-state index contributed by atoms with van der Waals surface area (Å²) in [6.07, 6.45) is -1.98. The van der Waals surface area contributed by atoms with Crippen LogP contribution in [0.15, 0.2) is 0 Å². The summed E-state index contributed by atoms with van der Waals surface area (Å²) in [6.45, 7) is 12.4. The predicted octanol–water partition coefficient (Wildman–Crippen LogP) is 1.16. The second-order valence-electron chi connectivity index (χ2n) is 9.89. The summed E-state index contributed by atoms with van der Waals surface area (Å²) >= 11 is 0. The van der Waals surface area contributed by atoms with E-state index in [-0.39, 0.29) is 25.7 Å². The molecule has 30 heavy (non-hydrogen) atoms. The summed E-state index contributed by atoms with van der Waals surface area (Å²) in [5, 5.41) is 12.7. The fourth-order valence-electron chi connectivity index (χ4n) is 3.94. The Morgan fingerprint density at radius 1 is 1.10 bits per heavy atom. The molecule has 0 radical (unpaired) electrons. The van der Waals surface area contributed by atoms with E-state index in [2.05, 4.69) is 5.32 Å². The van der Waals surface area contributed by atoms with Gasteiger partial charge >= 0.3 is 11.9 Å². The molecule has 0 aliphatic carbocycles. The minimum atomic E-state index is -1.33. The van der Waals surface area contributed by atoms with Crippen LogP contribution in [-0.4, -0.2) is 77.5 Å². The maximum atomic E-state index is 12.3. The number of rotatable bonds is 5. The van der Waals surface area contributed by atoms with Gasteiger partial charge in [-0.2, -0.15) is 0 Å². The first kappa shape index (κ1) is 23.4. The largest absolute Gasteiger partial charge is 0.480 e. The monoisotopic (exact) mass is 431 g/mol. The molecule has 3 aliphatic heterocycles. The van der Waals surface area contributed by atoms with E-state index in [1.165, 1.54) is 0 Å². The Balaban J connectivity index is 1.83. The van der Waals surface area contributed by atoms with Crippen molar-refractivity contribution in [2.75, 3.05) is 13.2 Å². The normalized spacial score (nSPS) is 35.8. The van der Waals surface area contributed by atoms with E-state index in [1.807, 2.05) is 0 Å². The Morgan fingerprint density at radius 2 is 1.77 bits per heavy atom. The first-order valence-electron chi connectivity index (χ1n) is 10.2. The molecule has 0 aromatic heterocycles. The van der Waals surface area contributed by atoms with Crippen molar-refractivity contribution in [1.29, 1.82) is 0 Å². The highest BCUT2D eigenvalue weighted by atomic mass is 16.8. The predicted molar refractivity (Wildman–Crippen MR) is 102 cm³/mol. The highest BCUT2D eigenvalue weighted by Crippen LogP contribution is 2.43. The number of carboxylic acids is 1. The summed E-state index contributed by atoms with van der Waals surface area (Å²) in [5.41, 5.74) is -2.05. The Kier molecular flexibility index (Phi) is 5.98. The van der Waals surface area contributed by atoms with E-state index < -0.39 is 53.1 Å². The number of ether oxygens (including phenoxy) is 6. The van der Waals surface area contributed by atoms with Crippen LogP contribution in [0.5, 0.6) is 0 Å². The van der Waals surface area contributed by atoms with Crippen LogP contribution in [0.1, 0.15) is 54.9 Å². The third kappa shape index (κ3) is 5.12. The maximum Gasteiger partial charge on any atom is 0.321 e. The molecule has 2 N–H and O–H groups in total. The highest BCUT2D eigenvalue weighted by molar-refractivity contribution is 5.81. The average molecular weight is 431 g/mol. The van der Waals surface area contributed by atoms with Crippen LogP contribution in [0.3, 0.4) is 0 Å². The number of carbonyl (C=O) groups is 2. The van der Waals surface area contributed by atoms with Gasteiger partial charge in [0, 0.05) is 0 Å². The van der Waals surface area contributed by atoms with Gasteiger partial charge in [0.2, 0.25) is 0 Å². The van der Waals surface area contributed by atoms with Gasteiger partial charge in [-0.3, -0.25) is 14.9 Å². The number of hydrogen-bond donors (Lipinski definition) is 2. The van der Waals surface area contributed by atoms with Crippen LogP contribution in [0.2, 0.25) is 0 Å². The molecule has 3 saturated heterocycles. The van der Waals surface area contributed by atoms with Crippen molar-refractivity contribution in [2.24, 2.45) is 0 Å². The topological polar surface area (TPSA) is 122 Å². The van der Waals surface area contributed by atoms with Crippen LogP contribution < -0.4 is 5.32 Å². The van der Waals surface area contributed by atoms with Crippen molar-refractivity contribution in [1.82, 2.24) is 5.32 Å². The van der Waals surface area contributed by atoms with E-state index in [0.29, 0.717) is 0 Å². The lowest BCUT2D eigenvalue weighted by molar-refractivity contribution is -0.379. The van der Waals surface area contributed by atoms with Gasteiger partial charge in [-0.05, 0) is 48.5 Å². The molecule has 0 saturated carbocycles. The molecule has 5 atom stereocenters. The Hall–Kier alpha value is -1.30. The van der Waals surface area contributed by atoms with Crippen molar-refractivity contribution < 1.29 is 43.1 Å². The molecule has 0 unspecified atom stereocenters. The lowest BCUT2D eigenvalue weighted by atomic mass is 9.92. The zero-order chi connectivity index (χ0) is 22.5. The summed E-state index contributed by atoms with van der Waals surface area (Å²) < 4.78 is 35.2. The number of aliphatic carboxylic acids is 1. The van der Waals surface area contributed by atoms with Crippen molar-refractivity contribution in [3.63, 3.8) is 0 Å². The average Bonchev–Trinajstić information content (AvgIpc) is 2.87. The van der Waals surface area contributed by atoms with Crippen molar-refractivity contribution in [3.8, 4) is 0 Å². The quantitative estimate of drug-likeness (QED) is 0.613. The molecule has 0 spiro atoms. The molecule has 3 heterocycles. The standard InChI is InChI=1S/C20H33NO9/c1-17(2,3)28-13(22)8-11(16(23)24)21-20-10-26-18(4,5)30-15(20)14-12(9-25-20)27-19(6,7)29-14/h11-12,14-15,21H,8-10H2,1-7H3,(H,23,24)/t11-,12+,14+,15-,20+/m0/s1. The zero-order valence-electron chi connectivity index (χ0n) is 18.6. The summed E-state index contributed by atoms with van der Waals surface area (Å²) in [6, 6.07) is -1.28. The van der Waals surface area contributed by atoms with Crippen molar-refractivity contribution >= 4 is 11.9 Å². The molecule has 3 rings (SSSR count). The highest BCUT2D eigenvalue weighted by Gasteiger charge is 2.62. The minimum absolute atomic E-state index is 0.00970. The van der Waals surface area contributed by atoms with Gasteiger partial charge in [-0.1, -0.05) is 0 Å². The molecular formula is C20H33NO9. The number of fused-ring (bicyclic) bond motifs is 3. The molecule has 0 amide bonds. The van der Waals surface area contributed by atoms with E-state index in [1.54, 1.807) is 48.5 Å². The molecule has 10 nitrogen and oxygen atoms in total. The van der Waals surface area contributed by atoms with Crippen LogP contribution in [-0.2, 0) is 38.0 Å². The second-order valence-corrected chi connectivity index (χ2v) is 9.89. The molecule has 0 bridgehead atoms. The number of nitrogens with one attached hydrogen (secondary N) is 1. The zero-order valence-corrected chi connectivity index (χ0v) is 18.6. The third-order valence-corrected chi connectivity index (χ3v) is 5.04. The minimum Gasteiger partial charge on any atom is -0.480 e. The van der Waals surface area contributed by atoms with E-state index in [9.17, 15) is 14.7 Å². The first-order chi connectivity index (χ1) is 13.6. The van der Waals surface area contributed by atoms with Crippen LogP contribution in [0.25, 0.3) is 0 Å². The molecule has 172 valence electrons. The number of carboxylic acid groups (broad SMARTS) is 1. The lowest BCUT2D eigenvalue weighted by Crippen LogP contribution is -2.75. The molecule has 3 fully saturated rings. The SMILES string of the molecule is CC(C)(C)OC(=O)C[C@H](N[C@@]12COC(C)(C)O[C@H]1[C@@H]1OC(C)(C)O[C@@H]1CO2)C(=O)O. The van der Waals surface area contributed by atoms with Crippen LogP contribution in [0.4, 0.5) is 0 Å². The summed E-state index contributed by atoms with van der Waals surface area (Å²) in [5.74, 6) is -3.61. The van der Waals surface area contributed by atoms with E-state index >= 15 is 0 Å². The molecular weight excluding hydrogens is 398 g/mol. The van der Waals surface area contributed by atoms with E-state index in [0.717, 1.165) is 0 Å². The van der Waals surface area contributed by atoms with Gasteiger partial charge in [-0.15, -0.1) is 0 Å². The van der Waals surface area contributed by atoms with Gasteiger partial charge in [0.25, 0.3) is 0 Å². The Labute approximate surface area is 176 Å². The van der Waals surface area contributed by atoms with Gasteiger partial charge in [-0.25, -0.2) is 0 Å². The van der Waals surface area contributed by atoms with Gasteiger partial charge in [0.1, 0.15) is 30.0 Å². The number of hydrogen-bond acceptors (Lipinski definition) is 9. The lowest BCUT2D eigenvalue weighted by Gasteiger charge is -2.54. The maximum absolute atomic E-state index is 12.3. The molecule has 0 aromatic carbocycles. The second kappa shape index (κ2) is 7.68.